The van der Waals surface area contributed by atoms with Crippen LogP contribution >= 0.6 is 0 Å². The van der Waals surface area contributed by atoms with Crippen LogP contribution in [0.5, 0.6) is 17.2 Å². The zero-order chi connectivity index (χ0) is 28.9. The second-order valence-corrected chi connectivity index (χ2v) is 9.69. The monoisotopic (exact) mass is 550 g/mol. The Morgan fingerprint density at radius 3 is 2.29 bits per heavy atom. The third-order valence-corrected chi connectivity index (χ3v) is 7.05. The van der Waals surface area contributed by atoms with Gasteiger partial charge < -0.3 is 24.2 Å². The third-order valence-electron chi connectivity index (χ3n) is 7.05. The maximum Gasteiger partial charge on any atom is 0.295 e. The molecule has 0 aliphatic carbocycles. The highest BCUT2D eigenvalue weighted by atomic mass is 16.5. The summed E-state index contributed by atoms with van der Waals surface area (Å²) in [5, 5.41) is 14.0. The molecule has 8 nitrogen and oxygen atoms in total. The molecule has 1 aliphatic rings. The van der Waals surface area contributed by atoms with Crippen molar-refractivity contribution >= 4 is 17.4 Å². The third kappa shape index (κ3) is 5.63. The average molecular weight is 551 g/mol. The molecule has 208 valence electrons. The molecule has 3 aromatic carbocycles. The first kappa shape index (κ1) is 27.5. The van der Waals surface area contributed by atoms with Crippen LogP contribution in [0.15, 0.2) is 96.8 Å². The van der Waals surface area contributed by atoms with Crippen molar-refractivity contribution in [3.8, 4) is 17.2 Å². The van der Waals surface area contributed by atoms with Gasteiger partial charge in [-0.3, -0.25) is 9.59 Å². The predicted octanol–water partition coefficient (Wildman–Crippen LogP) is 3.83. The number of aromatic amines is 1. The van der Waals surface area contributed by atoms with Crippen molar-refractivity contribution in [3.05, 3.63) is 125 Å². The number of rotatable bonds is 9. The average Bonchev–Trinajstić information content (AvgIpc) is 3.25. The molecule has 2 heterocycles. The largest absolute Gasteiger partial charge is 0.872 e. The maximum atomic E-state index is 14.0. The lowest BCUT2D eigenvalue weighted by atomic mass is 9.94. The molecule has 1 saturated heterocycles. The lowest BCUT2D eigenvalue weighted by Gasteiger charge is -2.28. The Balaban J connectivity index is 1.55. The SMILES string of the molecule is COc1ccc(C2C(=C([O-])c3ccc(OCc4ccccc4)c(C)c3)C(=O)C(=O)N2Cc2ccc[nH+]c2)cc1OC. The first-order chi connectivity index (χ1) is 19.9. The van der Waals surface area contributed by atoms with Crippen LogP contribution in [-0.4, -0.2) is 30.8 Å². The summed E-state index contributed by atoms with van der Waals surface area (Å²) in [6.07, 6.45) is 3.50. The number of ketones is 1. The zero-order valence-corrected chi connectivity index (χ0v) is 23.0. The Kier molecular flexibility index (Phi) is 8.01. The summed E-state index contributed by atoms with van der Waals surface area (Å²) >= 11 is 0. The molecule has 1 unspecified atom stereocenters. The molecule has 1 aromatic heterocycles. The minimum atomic E-state index is -0.920. The topological polar surface area (TPSA) is 102 Å². The van der Waals surface area contributed by atoms with Crippen LogP contribution in [0, 0.1) is 6.92 Å². The van der Waals surface area contributed by atoms with Gasteiger partial charge in [-0.1, -0.05) is 48.2 Å². The van der Waals surface area contributed by atoms with Gasteiger partial charge >= 0.3 is 0 Å². The number of carbonyl (C=O) groups excluding carboxylic acids is 2. The van der Waals surface area contributed by atoms with Crippen molar-refractivity contribution in [2.75, 3.05) is 14.2 Å². The summed E-state index contributed by atoms with van der Waals surface area (Å²) < 4.78 is 16.8. The van der Waals surface area contributed by atoms with Crippen LogP contribution in [0.4, 0.5) is 0 Å². The van der Waals surface area contributed by atoms with Crippen LogP contribution in [0.2, 0.25) is 0 Å². The van der Waals surface area contributed by atoms with E-state index in [0.717, 1.165) is 16.7 Å². The number of aryl methyl sites for hydroxylation is 1. The number of carbonyl (C=O) groups is 2. The molecule has 0 saturated carbocycles. The molecule has 1 atom stereocenters. The quantitative estimate of drug-likeness (QED) is 0.178. The van der Waals surface area contributed by atoms with Crippen LogP contribution in [0.25, 0.3) is 5.76 Å². The Morgan fingerprint density at radius 1 is 0.878 bits per heavy atom. The lowest BCUT2D eigenvalue weighted by molar-refractivity contribution is -0.378. The Morgan fingerprint density at radius 2 is 1.61 bits per heavy atom. The molecule has 5 rings (SSSR count). The minimum Gasteiger partial charge on any atom is -0.872 e. The molecule has 0 bridgehead atoms. The van der Waals surface area contributed by atoms with E-state index in [0.29, 0.717) is 35.0 Å². The highest BCUT2D eigenvalue weighted by molar-refractivity contribution is 6.46. The summed E-state index contributed by atoms with van der Waals surface area (Å²) in [4.78, 5) is 31.2. The number of methoxy groups -OCH3 is 2. The van der Waals surface area contributed by atoms with Crippen LogP contribution in [0.1, 0.15) is 33.9 Å². The van der Waals surface area contributed by atoms with Gasteiger partial charge in [-0.25, -0.2) is 4.98 Å². The van der Waals surface area contributed by atoms with Crippen molar-refractivity contribution in [1.29, 1.82) is 0 Å². The predicted molar refractivity (Wildman–Crippen MR) is 150 cm³/mol. The fraction of sp³-hybridized carbons (Fsp3) is 0.182. The molecular weight excluding hydrogens is 520 g/mol. The van der Waals surface area contributed by atoms with Crippen molar-refractivity contribution in [2.24, 2.45) is 0 Å². The fourth-order valence-corrected chi connectivity index (χ4v) is 4.97. The number of benzene rings is 3. The lowest BCUT2D eigenvalue weighted by Crippen LogP contribution is -2.29. The number of amides is 1. The van der Waals surface area contributed by atoms with Gasteiger partial charge in [0.1, 0.15) is 12.4 Å². The van der Waals surface area contributed by atoms with E-state index in [1.54, 1.807) is 48.8 Å². The minimum absolute atomic E-state index is 0.112. The maximum absolute atomic E-state index is 14.0. The molecular formula is C33H30N2O6. The number of ether oxygens (including phenoxy) is 3. The van der Waals surface area contributed by atoms with Crippen LogP contribution in [0.3, 0.4) is 0 Å². The van der Waals surface area contributed by atoms with E-state index in [1.165, 1.54) is 19.1 Å². The van der Waals surface area contributed by atoms with E-state index < -0.39 is 23.5 Å². The van der Waals surface area contributed by atoms with E-state index >= 15 is 0 Å². The number of pyridine rings is 1. The normalized spacial score (nSPS) is 16.1. The summed E-state index contributed by atoms with van der Waals surface area (Å²) in [5.41, 5.74) is 3.29. The number of hydrogen-bond acceptors (Lipinski definition) is 6. The highest BCUT2D eigenvalue weighted by Gasteiger charge is 2.44. The first-order valence-electron chi connectivity index (χ1n) is 13.1. The molecule has 41 heavy (non-hydrogen) atoms. The molecule has 1 aliphatic heterocycles. The summed E-state index contributed by atoms with van der Waals surface area (Å²) in [5.74, 6) is -0.531. The molecule has 0 spiro atoms. The molecule has 4 aromatic rings. The standard InChI is InChI=1S/C33H30N2O6/c1-21-16-25(12-13-26(21)41-20-22-8-5-4-6-9-22)31(36)29-30(24-11-14-27(39-2)28(17-24)40-3)35(33(38)32(29)37)19-23-10-7-15-34-18-23/h4-18,30,36H,19-20H2,1-3H3. The first-order valence-corrected chi connectivity index (χ1v) is 13.1. The molecule has 1 amide bonds. The van der Waals surface area contributed by atoms with Crippen molar-refractivity contribution in [2.45, 2.75) is 26.1 Å². The van der Waals surface area contributed by atoms with E-state index in [4.69, 9.17) is 14.2 Å². The van der Waals surface area contributed by atoms with Crippen molar-refractivity contribution < 1.29 is 33.9 Å². The highest BCUT2D eigenvalue weighted by Crippen LogP contribution is 2.42. The number of Topliss-reactive ketones (excluding diaryl/α,β-unsaturated/α-hetero) is 1. The molecule has 8 heteroatoms. The van der Waals surface area contributed by atoms with Crippen molar-refractivity contribution in [1.82, 2.24) is 4.90 Å². The zero-order valence-electron chi connectivity index (χ0n) is 23.0. The van der Waals surface area contributed by atoms with Gasteiger partial charge in [-0.2, -0.15) is 0 Å². The molecule has 0 radical (unpaired) electrons. The number of nitrogens with zero attached hydrogens (tertiary/aromatic N) is 1. The van der Waals surface area contributed by atoms with Crippen LogP contribution < -0.4 is 24.3 Å². The fourth-order valence-electron chi connectivity index (χ4n) is 4.97. The summed E-state index contributed by atoms with van der Waals surface area (Å²) in [7, 11) is 3.03. The molecule has 1 fully saturated rings. The van der Waals surface area contributed by atoms with E-state index in [9.17, 15) is 14.7 Å². The number of aromatic nitrogens is 1. The summed E-state index contributed by atoms with van der Waals surface area (Å²) in [6.45, 7) is 2.35. The number of nitrogens with one attached hydrogen (secondary N) is 1. The second-order valence-electron chi connectivity index (χ2n) is 9.69. The van der Waals surface area contributed by atoms with Gasteiger partial charge in [0, 0.05) is 17.2 Å². The Bertz CT molecular complexity index is 1600. The summed E-state index contributed by atoms with van der Waals surface area (Å²) in [6, 6.07) is 22.7. The van der Waals surface area contributed by atoms with E-state index in [2.05, 4.69) is 4.98 Å². The van der Waals surface area contributed by atoms with Gasteiger partial charge in [0.05, 0.1) is 26.8 Å². The Hall–Kier alpha value is -5.11. The van der Waals surface area contributed by atoms with Gasteiger partial charge in [0.25, 0.3) is 5.91 Å². The molecule has 1 N–H and O–H groups in total. The Labute approximate surface area is 238 Å². The van der Waals surface area contributed by atoms with Gasteiger partial charge in [-0.05, 0) is 59.5 Å². The van der Waals surface area contributed by atoms with E-state index in [-0.39, 0.29) is 12.1 Å². The van der Waals surface area contributed by atoms with Gasteiger partial charge in [0.15, 0.2) is 23.9 Å². The smallest absolute Gasteiger partial charge is 0.295 e. The van der Waals surface area contributed by atoms with Crippen LogP contribution in [-0.2, 0) is 22.7 Å². The van der Waals surface area contributed by atoms with Crippen molar-refractivity contribution in [3.63, 3.8) is 0 Å². The number of H-pyrrole nitrogens is 1. The number of hydrogen-bond donors (Lipinski definition) is 0. The van der Waals surface area contributed by atoms with Gasteiger partial charge in [0.2, 0.25) is 5.78 Å². The van der Waals surface area contributed by atoms with E-state index in [1.807, 2.05) is 49.4 Å². The van der Waals surface area contributed by atoms with Gasteiger partial charge in [-0.15, -0.1) is 0 Å². The number of likely N-dealkylation sites (tertiary alicyclic amines) is 1. The second kappa shape index (κ2) is 12.0.